The summed E-state index contributed by atoms with van der Waals surface area (Å²) in [6.07, 6.45) is -0.0208. The maximum atomic E-state index is 12.7. The number of carbonyl (C=O) groups is 2. The van der Waals surface area contributed by atoms with Crippen molar-refractivity contribution in [2.75, 3.05) is 0 Å². The average molecular weight is 183 g/mol. The highest BCUT2D eigenvalue weighted by molar-refractivity contribution is 5.73. The van der Waals surface area contributed by atoms with E-state index in [2.05, 4.69) is 4.98 Å². The molecule has 13 heavy (non-hydrogen) atoms. The van der Waals surface area contributed by atoms with Gasteiger partial charge >= 0.3 is 5.97 Å². The van der Waals surface area contributed by atoms with E-state index in [9.17, 15) is 14.0 Å². The van der Waals surface area contributed by atoms with E-state index < -0.39 is 18.2 Å². The molecular formula is C8H6FNO3. The molecule has 0 saturated heterocycles. The Labute approximate surface area is 73.0 Å². The molecule has 0 aliphatic carbocycles. The fourth-order valence-electron chi connectivity index (χ4n) is 0.878. The second-order valence-corrected chi connectivity index (χ2v) is 2.39. The number of carboxylic acids is 1. The van der Waals surface area contributed by atoms with Crippen LogP contribution in [0.1, 0.15) is 16.2 Å². The van der Waals surface area contributed by atoms with Crippen LogP contribution in [0.5, 0.6) is 0 Å². The van der Waals surface area contributed by atoms with Crippen LogP contribution in [-0.2, 0) is 11.2 Å². The third kappa shape index (κ3) is 2.62. The molecule has 0 bridgehead atoms. The van der Waals surface area contributed by atoms with Crippen molar-refractivity contribution < 1.29 is 19.1 Å². The Balaban J connectivity index is 3.01. The van der Waals surface area contributed by atoms with E-state index >= 15 is 0 Å². The predicted molar refractivity (Wildman–Crippen MR) is 40.9 cm³/mol. The molecule has 1 aromatic rings. The molecule has 0 spiro atoms. The van der Waals surface area contributed by atoms with Gasteiger partial charge in [-0.05, 0) is 6.07 Å². The molecule has 0 amide bonds. The van der Waals surface area contributed by atoms with Gasteiger partial charge in [-0.2, -0.15) is 0 Å². The number of pyridine rings is 1. The highest BCUT2D eigenvalue weighted by Gasteiger charge is 2.05. The molecule has 1 rings (SSSR count). The molecule has 4 nitrogen and oxygen atoms in total. The zero-order valence-corrected chi connectivity index (χ0v) is 6.53. The monoisotopic (exact) mass is 183 g/mol. The molecule has 1 heterocycles. The lowest BCUT2D eigenvalue weighted by Gasteiger charge is -1.97. The van der Waals surface area contributed by atoms with Crippen molar-refractivity contribution in [3.63, 3.8) is 0 Å². The number of aliphatic carboxylic acids is 1. The Hall–Kier alpha value is -1.78. The second-order valence-electron chi connectivity index (χ2n) is 2.39. The number of hydrogen-bond acceptors (Lipinski definition) is 3. The number of hydrogen-bond donors (Lipinski definition) is 1. The summed E-state index contributed by atoms with van der Waals surface area (Å²) in [6, 6.07) is 1.93. The minimum atomic E-state index is -1.12. The van der Waals surface area contributed by atoms with Crippen molar-refractivity contribution in [2.24, 2.45) is 0 Å². The lowest BCUT2D eigenvalue weighted by molar-refractivity contribution is -0.136. The van der Waals surface area contributed by atoms with Gasteiger partial charge in [0, 0.05) is 6.07 Å². The van der Waals surface area contributed by atoms with E-state index in [1.54, 1.807) is 0 Å². The molecule has 0 radical (unpaired) electrons. The van der Waals surface area contributed by atoms with Crippen LogP contribution in [0.3, 0.4) is 0 Å². The first-order valence-corrected chi connectivity index (χ1v) is 3.45. The van der Waals surface area contributed by atoms with Crippen molar-refractivity contribution >= 4 is 12.3 Å². The highest BCUT2D eigenvalue weighted by atomic mass is 19.1. The summed E-state index contributed by atoms with van der Waals surface area (Å²) in [4.78, 5) is 24.1. The van der Waals surface area contributed by atoms with Gasteiger partial charge in [-0.15, -0.1) is 0 Å². The third-order valence-corrected chi connectivity index (χ3v) is 1.32. The van der Waals surface area contributed by atoms with Crippen LogP contribution >= 0.6 is 0 Å². The van der Waals surface area contributed by atoms with Gasteiger partial charge in [0.25, 0.3) is 0 Å². The first kappa shape index (κ1) is 9.31. The van der Waals surface area contributed by atoms with Crippen molar-refractivity contribution in [1.82, 2.24) is 4.98 Å². The highest BCUT2D eigenvalue weighted by Crippen LogP contribution is 2.03. The number of rotatable bonds is 3. The molecule has 1 aromatic heterocycles. The number of aromatic nitrogens is 1. The maximum Gasteiger partial charge on any atom is 0.309 e. The van der Waals surface area contributed by atoms with Gasteiger partial charge in [0.05, 0.1) is 12.1 Å². The smallest absolute Gasteiger partial charge is 0.309 e. The van der Waals surface area contributed by atoms with Gasteiger partial charge in [0.15, 0.2) is 6.29 Å². The third-order valence-electron chi connectivity index (χ3n) is 1.32. The number of carbonyl (C=O) groups excluding carboxylic acids is 1. The molecule has 1 N–H and O–H groups in total. The van der Waals surface area contributed by atoms with Crippen molar-refractivity contribution in [3.8, 4) is 0 Å². The summed E-state index contributed by atoms with van der Waals surface area (Å²) in [5.74, 6) is -1.77. The van der Waals surface area contributed by atoms with Crippen LogP contribution in [0.25, 0.3) is 0 Å². The fourth-order valence-corrected chi connectivity index (χ4v) is 0.878. The maximum absolute atomic E-state index is 12.7. The standard InChI is InChI=1S/C8H6FNO3/c9-5-1-6(3-8(12)13)10-7(2-5)4-11/h1-2,4H,3H2,(H,12,13). The Kier molecular flexibility index (Phi) is 2.69. The lowest BCUT2D eigenvalue weighted by atomic mass is 10.2. The van der Waals surface area contributed by atoms with E-state index in [1.165, 1.54) is 0 Å². The minimum Gasteiger partial charge on any atom is -0.481 e. The summed E-state index contributed by atoms with van der Waals surface area (Å²) in [5, 5.41) is 8.37. The molecule has 5 heteroatoms. The summed E-state index contributed by atoms with van der Waals surface area (Å²) in [5.41, 5.74) is -0.0640. The molecular weight excluding hydrogens is 177 g/mol. The van der Waals surface area contributed by atoms with Crippen LogP contribution in [-0.4, -0.2) is 22.3 Å². The number of carboxylic acid groups (broad SMARTS) is 1. The first-order valence-electron chi connectivity index (χ1n) is 3.45. The molecule has 0 aliphatic rings. The van der Waals surface area contributed by atoms with E-state index in [-0.39, 0.29) is 11.4 Å². The molecule has 68 valence electrons. The van der Waals surface area contributed by atoms with E-state index in [4.69, 9.17) is 5.11 Å². The lowest BCUT2D eigenvalue weighted by Crippen LogP contribution is -2.04. The van der Waals surface area contributed by atoms with E-state index in [1.807, 2.05) is 0 Å². The molecule has 0 atom stereocenters. The van der Waals surface area contributed by atoms with E-state index in [0.717, 1.165) is 12.1 Å². The topological polar surface area (TPSA) is 67.3 Å². The predicted octanol–water partition coefficient (Wildman–Crippen LogP) is 0.660. The average Bonchev–Trinajstić information content (AvgIpc) is 2.01. The second kappa shape index (κ2) is 3.75. The van der Waals surface area contributed by atoms with Gasteiger partial charge in [-0.3, -0.25) is 9.59 Å². The number of aldehydes is 1. The van der Waals surface area contributed by atoms with Crippen LogP contribution in [0.15, 0.2) is 12.1 Å². The van der Waals surface area contributed by atoms with Crippen molar-refractivity contribution in [3.05, 3.63) is 29.3 Å². The molecule has 0 aromatic carbocycles. The number of halogens is 1. The largest absolute Gasteiger partial charge is 0.481 e. The number of nitrogens with zero attached hydrogens (tertiary/aromatic N) is 1. The van der Waals surface area contributed by atoms with Gasteiger partial charge < -0.3 is 5.11 Å². The summed E-state index contributed by atoms with van der Waals surface area (Å²) in [6.45, 7) is 0. The quantitative estimate of drug-likeness (QED) is 0.699. The SMILES string of the molecule is O=Cc1cc(F)cc(CC(=O)O)n1. The fraction of sp³-hybridized carbons (Fsp3) is 0.125. The summed E-state index contributed by atoms with van der Waals surface area (Å²) >= 11 is 0. The molecule has 0 unspecified atom stereocenters. The van der Waals surface area contributed by atoms with Crippen LogP contribution in [0, 0.1) is 5.82 Å². The Morgan fingerprint density at radius 2 is 2.31 bits per heavy atom. The van der Waals surface area contributed by atoms with Crippen molar-refractivity contribution in [2.45, 2.75) is 6.42 Å². The first-order chi connectivity index (χ1) is 6.11. The van der Waals surface area contributed by atoms with Gasteiger partial charge in [-0.25, -0.2) is 9.37 Å². The summed E-state index contributed by atoms with van der Waals surface area (Å²) in [7, 11) is 0. The van der Waals surface area contributed by atoms with Gasteiger partial charge in [0.2, 0.25) is 0 Å². The Bertz CT molecular complexity index is 351. The normalized spacial score (nSPS) is 9.62. The Morgan fingerprint density at radius 3 is 2.85 bits per heavy atom. The van der Waals surface area contributed by atoms with Gasteiger partial charge in [-0.1, -0.05) is 0 Å². The minimum absolute atomic E-state index is 0.0367. The molecule has 0 saturated carbocycles. The van der Waals surface area contributed by atoms with Crippen LogP contribution in [0.2, 0.25) is 0 Å². The van der Waals surface area contributed by atoms with E-state index in [0.29, 0.717) is 6.29 Å². The molecule has 0 aliphatic heterocycles. The summed E-state index contributed by atoms with van der Waals surface area (Å²) < 4.78 is 12.7. The Morgan fingerprint density at radius 1 is 1.62 bits per heavy atom. The van der Waals surface area contributed by atoms with Crippen LogP contribution < -0.4 is 0 Å². The zero-order chi connectivity index (χ0) is 9.84. The van der Waals surface area contributed by atoms with Gasteiger partial charge in [0.1, 0.15) is 11.5 Å². The zero-order valence-electron chi connectivity index (χ0n) is 6.53. The van der Waals surface area contributed by atoms with Crippen molar-refractivity contribution in [1.29, 1.82) is 0 Å². The molecule has 0 fully saturated rings. The van der Waals surface area contributed by atoms with Crippen LogP contribution in [0.4, 0.5) is 4.39 Å².